The summed E-state index contributed by atoms with van der Waals surface area (Å²) >= 11 is 5.94. The van der Waals surface area contributed by atoms with Gasteiger partial charge in [0.1, 0.15) is 5.82 Å². The first-order chi connectivity index (χ1) is 15.0. The zero-order chi connectivity index (χ0) is 21.4. The predicted molar refractivity (Wildman–Crippen MR) is 122 cm³/mol. The van der Waals surface area contributed by atoms with Crippen molar-refractivity contribution in [1.82, 2.24) is 14.3 Å². The molecular weight excluding hydrogens is 432 g/mol. The third kappa shape index (κ3) is 3.93. The van der Waals surface area contributed by atoms with E-state index >= 15 is 0 Å². The molecule has 0 bridgehead atoms. The summed E-state index contributed by atoms with van der Waals surface area (Å²) in [5, 5.41) is 0.515. The highest BCUT2D eigenvalue weighted by atomic mass is 35.5. The molecule has 31 heavy (non-hydrogen) atoms. The number of fused-ring (bicyclic) bond motifs is 1. The van der Waals surface area contributed by atoms with Gasteiger partial charge in [0, 0.05) is 48.7 Å². The van der Waals surface area contributed by atoms with Crippen LogP contribution in [0.1, 0.15) is 24.1 Å². The van der Waals surface area contributed by atoms with Crippen LogP contribution in [0.4, 0.5) is 5.82 Å². The summed E-state index contributed by atoms with van der Waals surface area (Å²) in [5.74, 6) is 1.58. The number of benzene rings is 2. The molecule has 2 aromatic carbocycles. The molecule has 3 aromatic rings. The molecule has 0 N–H and O–H groups in total. The fourth-order valence-corrected chi connectivity index (χ4v) is 5.77. The molecule has 0 atom stereocenters. The van der Waals surface area contributed by atoms with Crippen LogP contribution in [0.15, 0.2) is 59.5 Å². The van der Waals surface area contributed by atoms with E-state index in [0.29, 0.717) is 23.8 Å². The molecule has 1 fully saturated rings. The molecule has 0 spiro atoms. The van der Waals surface area contributed by atoms with E-state index in [9.17, 15) is 8.42 Å². The monoisotopic (exact) mass is 454 g/mol. The molecule has 1 aromatic heterocycles. The van der Waals surface area contributed by atoms with Gasteiger partial charge in [0.25, 0.3) is 0 Å². The van der Waals surface area contributed by atoms with Crippen molar-refractivity contribution in [2.24, 2.45) is 0 Å². The third-order valence-corrected chi connectivity index (χ3v) is 8.00. The van der Waals surface area contributed by atoms with Gasteiger partial charge in [-0.25, -0.2) is 18.4 Å². The average molecular weight is 455 g/mol. The molecule has 0 aliphatic carbocycles. The Labute approximate surface area is 187 Å². The van der Waals surface area contributed by atoms with Crippen molar-refractivity contribution in [3.63, 3.8) is 0 Å². The van der Waals surface area contributed by atoms with Crippen LogP contribution in [0.5, 0.6) is 0 Å². The Hall–Kier alpha value is -2.48. The minimum absolute atomic E-state index is 0.255. The van der Waals surface area contributed by atoms with Gasteiger partial charge in [0.15, 0.2) is 5.82 Å². The number of sulfonamides is 1. The zero-order valence-electron chi connectivity index (χ0n) is 17.0. The summed E-state index contributed by atoms with van der Waals surface area (Å²) < 4.78 is 28.0. The maximum absolute atomic E-state index is 13.3. The van der Waals surface area contributed by atoms with Gasteiger partial charge >= 0.3 is 0 Å². The number of aromatic nitrogens is 2. The lowest BCUT2D eigenvalue weighted by Gasteiger charge is -2.31. The van der Waals surface area contributed by atoms with E-state index in [-0.39, 0.29) is 11.4 Å². The Kier molecular flexibility index (Phi) is 5.42. The van der Waals surface area contributed by atoms with Gasteiger partial charge in [-0.05, 0) is 37.1 Å². The molecule has 0 saturated carbocycles. The molecule has 0 radical (unpaired) electrons. The first-order valence-corrected chi connectivity index (χ1v) is 12.3. The van der Waals surface area contributed by atoms with Gasteiger partial charge in [-0.1, -0.05) is 41.9 Å². The van der Waals surface area contributed by atoms with Crippen molar-refractivity contribution < 1.29 is 8.42 Å². The topological polar surface area (TPSA) is 66.4 Å². The summed E-state index contributed by atoms with van der Waals surface area (Å²) in [6, 6.07) is 16.3. The molecule has 8 heteroatoms. The summed E-state index contributed by atoms with van der Waals surface area (Å²) in [7, 11) is -3.62. The van der Waals surface area contributed by atoms with Crippen molar-refractivity contribution in [2.45, 2.75) is 30.7 Å². The van der Waals surface area contributed by atoms with Gasteiger partial charge in [-0.15, -0.1) is 0 Å². The van der Waals surface area contributed by atoms with Crippen LogP contribution in [-0.4, -0.2) is 42.3 Å². The molecule has 6 nitrogen and oxygen atoms in total. The zero-order valence-corrected chi connectivity index (χ0v) is 18.6. The third-order valence-electron chi connectivity index (χ3n) is 5.89. The number of halogens is 1. The summed E-state index contributed by atoms with van der Waals surface area (Å²) in [5.41, 5.74) is 2.84. The standard InChI is InChI=1S/C23H23ClN4O2S/c24-18-8-10-19(11-9-18)31(29,30)28-15-12-21-20(16-28)23(27-13-4-5-14-27)26-22(25-21)17-6-2-1-3-7-17/h1-3,6-11H,4-5,12-16H2. The molecule has 2 aliphatic rings. The van der Waals surface area contributed by atoms with Gasteiger partial charge in [-0.2, -0.15) is 4.31 Å². The number of anilines is 1. The highest BCUT2D eigenvalue weighted by Crippen LogP contribution is 2.33. The minimum Gasteiger partial charge on any atom is -0.356 e. The second-order valence-corrected chi connectivity index (χ2v) is 10.3. The molecule has 3 heterocycles. The van der Waals surface area contributed by atoms with Crippen LogP contribution in [0, 0.1) is 0 Å². The summed E-state index contributed by atoms with van der Waals surface area (Å²) in [6.45, 7) is 2.53. The van der Waals surface area contributed by atoms with E-state index in [1.54, 1.807) is 24.3 Å². The van der Waals surface area contributed by atoms with Crippen molar-refractivity contribution >= 4 is 27.4 Å². The minimum atomic E-state index is -3.62. The Morgan fingerprint density at radius 1 is 0.871 bits per heavy atom. The molecular formula is C23H23ClN4O2S. The van der Waals surface area contributed by atoms with E-state index in [4.69, 9.17) is 21.6 Å². The van der Waals surface area contributed by atoms with Crippen molar-refractivity contribution in [3.8, 4) is 11.4 Å². The van der Waals surface area contributed by atoms with Crippen LogP contribution in [-0.2, 0) is 23.0 Å². The number of rotatable bonds is 4. The first kappa shape index (κ1) is 20.4. The predicted octanol–water partition coefficient (Wildman–Crippen LogP) is 4.14. The Bertz CT molecular complexity index is 1190. The van der Waals surface area contributed by atoms with E-state index < -0.39 is 10.0 Å². The number of hydrogen-bond donors (Lipinski definition) is 0. The van der Waals surface area contributed by atoms with Gasteiger partial charge in [-0.3, -0.25) is 0 Å². The fourth-order valence-electron chi connectivity index (χ4n) is 4.24. The summed E-state index contributed by atoms with van der Waals surface area (Å²) in [6.07, 6.45) is 2.80. The van der Waals surface area contributed by atoms with Crippen LogP contribution in [0.25, 0.3) is 11.4 Å². The second kappa shape index (κ2) is 8.22. The Morgan fingerprint density at radius 3 is 2.29 bits per heavy atom. The van der Waals surface area contributed by atoms with Crippen molar-refractivity contribution in [2.75, 3.05) is 24.5 Å². The average Bonchev–Trinajstić information content (AvgIpc) is 3.33. The quantitative estimate of drug-likeness (QED) is 0.592. The van der Waals surface area contributed by atoms with E-state index in [1.165, 1.54) is 4.31 Å². The van der Waals surface area contributed by atoms with Crippen LogP contribution >= 0.6 is 11.6 Å². The van der Waals surface area contributed by atoms with Crippen molar-refractivity contribution in [1.29, 1.82) is 0 Å². The first-order valence-electron chi connectivity index (χ1n) is 10.5. The van der Waals surface area contributed by atoms with Gasteiger partial charge in [0.2, 0.25) is 10.0 Å². The van der Waals surface area contributed by atoms with Crippen LogP contribution in [0.2, 0.25) is 5.02 Å². The molecule has 0 unspecified atom stereocenters. The van der Waals surface area contributed by atoms with E-state index in [0.717, 1.165) is 48.6 Å². The normalized spacial score (nSPS) is 17.0. The fraction of sp³-hybridized carbons (Fsp3) is 0.304. The number of hydrogen-bond acceptors (Lipinski definition) is 5. The maximum Gasteiger partial charge on any atom is 0.243 e. The van der Waals surface area contributed by atoms with Crippen LogP contribution in [0.3, 0.4) is 0 Å². The highest BCUT2D eigenvalue weighted by molar-refractivity contribution is 7.89. The maximum atomic E-state index is 13.3. The largest absolute Gasteiger partial charge is 0.356 e. The Balaban J connectivity index is 1.55. The number of nitrogens with zero attached hydrogens (tertiary/aromatic N) is 4. The molecule has 0 amide bonds. The highest BCUT2D eigenvalue weighted by Gasteiger charge is 2.33. The second-order valence-electron chi connectivity index (χ2n) is 7.90. The van der Waals surface area contributed by atoms with Crippen molar-refractivity contribution in [3.05, 3.63) is 70.9 Å². The van der Waals surface area contributed by atoms with Crippen LogP contribution < -0.4 is 4.90 Å². The van der Waals surface area contributed by atoms with Gasteiger partial charge < -0.3 is 4.90 Å². The lowest BCUT2D eigenvalue weighted by atomic mass is 10.1. The molecule has 5 rings (SSSR count). The van der Waals surface area contributed by atoms with Gasteiger partial charge in [0.05, 0.1) is 10.6 Å². The van der Waals surface area contributed by atoms with E-state index in [2.05, 4.69) is 4.90 Å². The van der Waals surface area contributed by atoms with E-state index in [1.807, 2.05) is 30.3 Å². The molecule has 2 aliphatic heterocycles. The summed E-state index contributed by atoms with van der Waals surface area (Å²) in [4.78, 5) is 12.3. The smallest absolute Gasteiger partial charge is 0.243 e. The SMILES string of the molecule is O=S(=O)(c1ccc(Cl)cc1)N1CCc2nc(-c3ccccc3)nc(N3CCCC3)c2C1. The molecule has 1 saturated heterocycles. The Morgan fingerprint density at radius 2 is 1.58 bits per heavy atom. The lowest BCUT2D eigenvalue weighted by Crippen LogP contribution is -2.38. The molecule has 160 valence electrons. The lowest BCUT2D eigenvalue weighted by molar-refractivity contribution is 0.387.